The minimum atomic E-state index is -0.887. The molecule has 3 rings (SSSR count). The molecular weight excluding hydrogens is 338 g/mol. The molecule has 0 unspecified atom stereocenters. The van der Waals surface area contributed by atoms with Gasteiger partial charge in [0.05, 0.1) is 28.2 Å². The number of benzene rings is 1. The topological polar surface area (TPSA) is 131 Å². The first-order valence-electron chi connectivity index (χ1n) is 8.30. The third-order valence-corrected chi connectivity index (χ3v) is 4.63. The molecule has 0 spiro atoms. The number of nitrogens with zero attached hydrogens (tertiary/aromatic N) is 4. The van der Waals surface area contributed by atoms with E-state index < -0.39 is 21.9 Å². The van der Waals surface area contributed by atoms with Crippen LogP contribution in [0.2, 0.25) is 0 Å². The van der Waals surface area contributed by atoms with Gasteiger partial charge in [-0.15, -0.1) is 0 Å². The Morgan fingerprint density at radius 2 is 2.12 bits per heavy atom. The van der Waals surface area contributed by atoms with Gasteiger partial charge in [0.1, 0.15) is 12.1 Å². The van der Waals surface area contributed by atoms with Crippen molar-refractivity contribution in [1.82, 2.24) is 14.9 Å². The first kappa shape index (κ1) is 17.5. The lowest BCUT2D eigenvalue weighted by atomic mass is 9.83. The summed E-state index contributed by atoms with van der Waals surface area (Å²) in [5.41, 5.74) is -1.33. The van der Waals surface area contributed by atoms with Crippen LogP contribution in [0, 0.1) is 21.4 Å². The summed E-state index contributed by atoms with van der Waals surface area (Å²) in [4.78, 5) is 39.3. The summed E-state index contributed by atoms with van der Waals surface area (Å²) >= 11 is 0. The van der Waals surface area contributed by atoms with Gasteiger partial charge in [0.2, 0.25) is 5.91 Å². The van der Waals surface area contributed by atoms with E-state index in [1.165, 1.54) is 18.5 Å². The minimum absolute atomic E-state index is 0.0714. The summed E-state index contributed by atoms with van der Waals surface area (Å²) < 4.78 is 1.09. The molecule has 2 aromatic rings. The van der Waals surface area contributed by atoms with Crippen molar-refractivity contribution in [2.75, 3.05) is 0 Å². The first-order valence-corrected chi connectivity index (χ1v) is 8.30. The van der Waals surface area contributed by atoms with Gasteiger partial charge in [-0.05, 0) is 18.9 Å². The number of nitriles is 1. The fourth-order valence-corrected chi connectivity index (χ4v) is 3.25. The minimum Gasteiger partial charge on any atom is -0.336 e. The maximum Gasteiger partial charge on any atom is 0.270 e. The molecule has 1 heterocycles. The number of nitro groups is 1. The molecule has 0 bridgehead atoms. The van der Waals surface area contributed by atoms with Crippen LogP contribution in [-0.4, -0.2) is 25.9 Å². The van der Waals surface area contributed by atoms with E-state index in [4.69, 9.17) is 0 Å². The van der Waals surface area contributed by atoms with Crippen molar-refractivity contribution in [3.05, 3.63) is 45.0 Å². The number of aromatic nitrogens is 2. The summed E-state index contributed by atoms with van der Waals surface area (Å²) in [7, 11) is 0. The number of amides is 1. The first-order chi connectivity index (χ1) is 12.4. The van der Waals surface area contributed by atoms with Crippen molar-refractivity contribution >= 4 is 22.5 Å². The zero-order valence-electron chi connectivity index (χ0n) is 14.0. The highest BCUT2D eigenvalue weighted by Gasteiger charge is 2.33. The molecule has 26 heavy (non-hydrogen) atoms. The molecule has 0 radical (unpaired) electrons. The zero-order valence-corrected chi connectivity index (χ0v) is 14.0. The Morgan fingerprint density at radius 3 is 2.77 bits per heavy atom. The molecule has 1 amide bonds. The second-order valence-electron chi connectivity index (χ2n) is 6.44. The SMILES string of the molecule is N#CC1(NC(=O)Cn2cnc3ccc([N+](=O)[O-])cc3c2=O)CCCCC1. The van der Waals surface area contributed by atoms with E-state index >= 15 is 0 Å². The number of carbonyl (C=O) groups excluding carboxylic acids is 1. The monoisotopic (exact) mass is 355 g/mol. The van der Waals surface area contributed by atoms with Gasteiger partial charge in [0, 0.05) is 12.1 Å². The molecule has 1 aliphatic rings. The van der Waals surface area contributed by atoms with Crippen molar-refractivity contribution in [3.63, 3.8) is 0 Å². The van der Waals surface area contributed by atoms with Gasteiger partial charge in [-0.2, -0.15) is 5.26 Å². The molecule has 0 saturated heterocycles. The Morgan fingerprint density at radius 1 is 1.38 bits per heavy atom. The van der Waals surface area contributed by atoms with Gasteiger partial charge >= 0.3 is 0 Å². The molecule has 1 fully saturated rings. The predicted molar refractivity (Wildman–Crippen MR) is 92.2 cm³/mol. The van der Waals surface area contributed by atoms with Crippen LogP contribution in [0.15, 0.2) is 29.3 Å². The van der Waals surface area contributed by atoms with Crippen LogP contribution in [0.4, 0.5) is 5.69 Å². The Hall–Kier alpha value is -3.28. The zero-order chi connectivity index (χ0) is 18.7. The van der Waals surface area contributed by atoms with Gasteiger partial charge < -0.3 is 5.32 Å². The molecule has 134 valence electrons. The summed E-state index contributed by atoms with van der Waals surface area (Å²) in [6.45, 7) is -0.298. The second-order valence-corrected chi connectivity index (χ2v) is 6.44. The molecule has 9 heteroatoms. The Bertz CT molecular complexity index is 969. The number of carbonyl (C=O) groups is 1. The van der Waals surface area contributed by atoms with E-state index in [9.17, 15) is 25.0 Å². The van der Waals surface area contributed by atoms with Crippen molar-refractivity contribution in [2.24, 2.45) is 0 Å². The van der Waals surface area contributed by atoms with Crippen LogP contribution in [0.3, 0.4) is 0 Å². The molecule has 9 nitrogen and oxygen atoms in total. The summed E-state index contributed by atoms with van der Waals surface area (Å²) in [6.07, 6.45) is 5.19. The molecule has 1 aliphatic carbocycles. The normalized spacial score (nSPS) is 16.0. The van der Waals surface area contributed by atoms with Crippen molar-refractivity contribution in [2.45, 2.75) is 44.2 Å². The van der Waals surface area contributed by atoms with E-state index in [0.717, 1.165) is 29.9 Å². The van der Waals surface area contributed by atoms with Crippen LogP contribution in [0.1, 0.15) is 32.1 Å². The number of hydrogen-bond acceptors (Lipinski definition) is 6. The van der Waals surface area contributed by atoms with E-state index in [1.54, 1.807) is 0 Å². The highest BCUT2D eigenvalue weighted by Crippen LogP contribution is 2.27. The molecule has 0 atom stereocenters. The molecule has 1 aromatic heterocycles. The van der Waals surface area contributed by atoms with E-state index in [1.807, 2.05) is 0 Å². The predicted octanol–water partition coefficient (Wildman–Crippen LogP) is 1.65. The number of nitro benzene ring substituents is 1. The van der Waals surface area contributed by atoms with Crippen molar-refractivity contribution in [3.8, 4) is 6.07 Å². The Labute approximate surface area is 148 Å². The Balaban J connectivity index is 1.85. The van der Waals surface area contributed by atoms with E-state index in [0.29, 0.717) is 18.4 Å². The maximum atomic E-state index is 12.5. The fraction of sp³-hybridized carbons (Fsp3) is 0.412. The average Bonchev–Trinajstić information content (AvgIpc) is 2.64. The van der Waals surface area contributed by atoms with Gasteiger partial charge in [-0.25, -0.2) is 4.98 Å². The highest BCUT2D eigenvalue weighted by atomic mass is 16.6. The number of fused-ring (bicyclic) bond motifs is 1. The number of rotatable bonds is 4. The average molecular weight is 355 g/mol. The van der Waals surface area contributed by atoms with Gasteiger partial charge in [-0.1, -0.05) is 19.3 Å². The van der Waals surface area contributed by atoms with E-state index in [-0.39, 0.29) is 17.6 Å². The van der Waals surface area contributed by atoms with Gasteiger partial charge in [0.15, 0.2) is 0 Å². The van der Waals surface area contributed by atoms with Crippen LogP contribution in [0.5, 0.6) is 0 Å². The molecule has 1 N–H and O–H groups in total. The maximum absolute atomic E-state index is 12.5. The quantitative estimate of drug-likeness (QED) is 0.655. The molecule has 1 aromatic carbocycles. The number of hydrogen-bond donors (Lipinski definition) is 1. The standard InChI is InChI=1S/C17H17N5O4/c18-10-17(6-2-1-3-7-17)20-15(23)9-21-11-19-14-5-4-12(22(25)26)8-13(14)16(21)24/h4-5,8,11H,1-3,6-7,9H2,(H,20,23). The van der Waals surface area contributed by atoms with Gasteiger partial charge in [-0.3, -0.25) is 24.3 Å². The lowest BCUT2D eigenvalue weighted by molar-refractivity contribution is -0.384. The second kappa shape index (κ2) is 6.92. The highest BCUT2D eigenvalue weighted by molar-refractivity contribution is 5.81. The summed E-state index contributed by atoms with van der Waals surface area (Å²) in [6, 6.07) is 6.00. The smallest absolute Gasteiger partial charge is 0.270 e. The van der Waals surface area contributed by atoms with Crippen LogP contribution >= 0.6 is 0 Å². The van der Waals surface area contributed by atoms with Gasteiger partial charge in [0.25, 0.3) is 11.2 Å². The summed E-state index contributed by atoms with van der Waals surface area (Å²) in [5, 5.41) is 23.1. The molecule has 1 saturated carbocycles. The Kier molecular flexibility index (Phi) is 4.67. The molecule has 0 aliphatic heterocycles. The third kappa shape index (κ3) is 3.39. The van der Waals surface area contributed by atoms with Crippen molar-refractivity contribution < 1.29 is 9.72 Å². The number of non-ortho nitro benzene ring substituents is 1. The van der Waals surface area contributed by atoms with Crippen molar-refractivity contribution in [1.29, 1.82) is 5.26 Å². The van der Waals surface area contributed by atoms with E-state index in [2.05, 4.69) is 16.4 Å². The third-order valence-electron chi connectivity index (χ3n) is 4.63. The largest absolute Gasteiger partial charge is 0.336 e. The van der Waals surface area contributed by atoms with Crippen LogP contribution in [0.25, 0.3) is 10.9 Å². The fourth-order valence-electron chi connectivity index (χ4n) is 3.25. The van der Waals surface area contributed by atoms with Crippen LogP contribution < -0.4 is 10.9 Å². The number of nitrogens with one attached hydrogen (secondary N) is 1. The lowest BCUT2D eigenvalue weighted by Gasteiger charge is -2.31. The van der Waals surface area contributed by atoms with Crippen LogP contribution in [-0.2, 0) is 11.3 Å². The lowest BCUT2D eigenvalue weighted by Crippen LogP contribution is -2.50. The summed E-state index contributed by atoms with van der Waals surface area (Å²) in [5.74, 6) is -0.456. The molecular formula is C17H17N5O4.